The van der Waals surface area contributed by atoms with Crippen molar-refractivity contribution in [2.45, 2.75) is 39.7 Å². The normalized spacial score (nSPS) is 50.2. The SMILES string of the molecule is CC1(C)[C@H]2CC(=O)[C@@]1(C)C[C@H]2O. The Bertz CT molecular complexity index is 244. The molecule has 2 nitrogen and oxygen atoms in total. The Kier molecular flexibility index (Phi) is 1.32. The molecule has 0 aromatic heterocycles. The number of rotatable bonds is 0. The maximum atomic E-state index is 11.6. The maximum absolute atomic E-state index is 11.6. The zero-order chi connectivity index (χ0) is 9.15. The van der Waals surface area contributed by atoms with Crippen molar-refractivity contribution in [2.24, 2.45) is 16.7 Å². The van der Waals surface area contributed by atoms with Gasteiger partial charge in [0, 0.05) is 11.8 Å². The van der Waals surface area contributed by atoms with Crippen molar-refractivity contribution in [1.29, 1.82) is 0 Å². The molecule has 2 fully saturated rings. The lowest BCUT2D eigenvalue weighted by atomic mass is 9.70. The first-order chi connectivity index (χ1) is 5.39. The van der Waals surface area contributed by atoms with E-state index in [9.17, 15) is 9.90 Å². The first kappa shape index (κ1) is 8.24. The van der Waals surface area contributed by atoms with E-state index in [1.54, 1.807) is 0 Å². The Labute approximate surface area is 73.0 Å². The molecule has 0 aromatic carbocycles. The fraction of sp³-hybridized carbons (Fsp3) is 0.900. The third-order valence-electron chi connectivity index (χ3n) is 4.45. The Balaban J connectivity index is 2.47. The van der Waals surface area contributed by atoms with Crippen LogP contribution in [0.2, 0.25) is 0 Å². The Hall–Kier alpha value is -0.370. The quantitative estimate of drug-likeness (QED) is 0.593. The highest BCUT2D eigenvalue weighted by Gasteiger charge is 2.65. The number of aliphatic hydroxyl groups is 1. The average molecular weight is 168 g/mol. The van der Waals surface area contributed by atoms with E-state index < -0.39 is 0 Å². The molecule has 2 bridgehead atoms. The van der Waals surface area contributed by atoms with Crippen molar-refractivity contribution in [3.8, 4) is 0 Å². The summed E-state index contributed by atoms with van der Waals surface area (Å²) in [6.07, 6.45) is 1.01. The summed E-state index contributed by atoms with van der Waals surface area (Å²) >= 11 is 0. The highest BCUT2D eigenvalue weighted by molar-refractivity contribution is 5.89. The van der Waals surface area contributed by atoms with Gasteiger partial charge in [-0.3, -0.25) is 4.79 Å². The van der Waals surface area contributed by atoms with Gasteiger partial charge >= 0.3 is 0 Å². The molecule has 2 aliphatic rings. The number of carbonyl (C=O) groups excluding carboxylic acids is 1. The standard InChI is InChI=1S/C10H16O2/c1-9(2)6-4-8(12)10(9,3)5-7(6)11/h6-7,11H,4-5H2,1-3H3/t6-,7+,10+/m0/s1. The second-order valence-electron chi connectivity index (χ2n) is 5.06. The molecule has 0 saturated heterocycles. The summed E-state index contributed by atoms with van der Waals surface area (Å²) in [4.78, 5) is 11.6. The zero-order valence-electron chi connectivity index (χ0n) is 7.92. The minimum atomic E-state index is -0.253. The van der Waals surface area contributed by atoms with E-state index >= 15 is 0 Å². The van der Waals surface area contributed by atoms with E-state index in [4.69, 9.17) is 0 Å². The van der Waals surface area contributed by atoms with Crippen molar-refractivity contribution in [1.82, 2.24) is 0 Å². The monoisotopic (exact) mass is 168 g/mol. The van der Waals surface area contributed by atoms with E-state index in [0.717, 1.165) is 0 Å². The molecule has 3 atom stereocenters. The van der Waals surface area contributed by atoms with Gasteiger partial charge in [0.25, 0.3) is 0 Å². The van der Waals surface area contributed by atoms with Crippen LogP contribution in [-0.4, -0.2) is 17.0 Å². The third kappa shape index (κ3) is 0.634. The molecule has 12 heavy (non-hydrogen) atoms. The van der Waals surface area contributed by atoms with Gasteiger partial charge in [-0.15, -0.1) is 0 Å². The van der Waals surface area contributed by atoms with E-state index in [0.29, 0.717) is 18.6 Å². The predicted octanol–water partition coefficient (Wildman–Crippen LogP) is 1.37. The topological polar surface area (TPSA) is 37.3 Å². The molecule has 2 aliphatic carbocycles. The lowest BCUT2D eigenvalue weighted by molar-refractivity contribution is -0.129. The number of ketones is 1. The summed E-state index contributed by atoms with van der Waals surface area (Å²) in [7, 11) is 0. The molecule has 2 heteroatoms. The van der Waals surface area contributed by atoms with Crippen LogP contribution in [0.3, 0.4) is 0 Å². The van der Waals surface area contributed by atoms with Crippen molar-refractivity contribution in [3.05, 3.63) is 0 Å². The molecule has 0 unspecified atom stereocenters. The summed E-state index contributed by atoms with van der Waals surface area (Å²) in [5, 5.41) is 9.69. The van der Waals surface area contributed by atoms with Crippen molar-refractivity contribution >= 4 is 5.78 Å². The van der Waals surface area contributed by atoms with Crippen LogP contribution >= 0.6 is 0 Å². The van der Waals surface area contributed by atoms with Crippen LogP contribution in [0.1, 0.15) is 33.6 Å². The largest absolute Gasteiger partial charge is 0.393 e. The van der Waals surface area contributed by atoms with E-state index in [1.807, 2.05) is 6.92 Å². The fourth-order valence-electron chi connectivity index (χ4n) is 3.00. The van der Waals surface area contributed by atoms with Gasteiger partial charge in [-0.2, -0.15) is 0 Å². The van der Waals surface area contributed by atoms with Crippen LogP contribution in [-0.2, 0) is 4.79 Å². The Morgan fingerprint density at radius 3 is 2.25 bits per heavy atom. The highest BCUT2D eigenvalue weighted by atomic mass is 16.3. The second-order valence-corrected chi connectivity index (χ2v) is 5.06. The smallest absolute Gasteiger partial charge is 0.139 e. The van der Waals surface area contributed by atoms with Gasteiger partial charge in [0.1, 0.15) is 5.78 Å². The molecule has 0 radical (unpaired) electrons. The van der Waals surface area contributed by atoms with Gasteiger partial charge in [0.2, 0.25) is 0 Å². The molecular formula is C10H16O2. The fourth-order valence-corrected chi connectivity index (χ4v) is 3.00. The minimum absolute atomic E-state index is 0.00347. The lowest BCUT2D eigenvalue weighted by Gasteiger charge is -2.31. The average Bonchev–Trinajstić information content (AvgIpc) is 2.18. The molecule has 0 spiro atoms. The van der Waals surface area contributed by atoms with Crippen molar-refractivity contribution < 1.29 is 9.90 Å². The Morgan fingerprint density at radius 1 is 1.42 bits per heavy atom. The van der Waals surface area contributed by atoms with Crippen LogP contribution in [0.25, 0.3) is 0 Å². The Morgan fingerprint density at radius 2 is 2.00 bits per heavy atom. The van der Waals surface area contributed by atoms with Gasteiger partial charge in [-0.1, -0.05) is 20.8 Å². The summed E-state index contributed by atoms with van der Waals surface area (Å²) in [6, 6.07) is 0. The summed E-state index contributed by atoms with van der Waals surface area (Å²) in [6.45, 7) is 6.23. The third-order valence-corrected chi connectivity index (χ3v) is 4.45. The first-order valence-electron chi connectivity index (χ1n) is 4.61. The first-order valence-corrected chi connectivity index (χ1v) is 4.61. The second kappa shape index (κ2) is 1.92. The van der Waals surface area contributed by atoms with E-state index in [-0.39, 0.29) is 22.9 Å². The molecule has 68 valence electrons. The number of aliphatic hydroxyl groups excluding tert-OH is 1. The van der Waals surface area contributed by atoms with Crippen LogP contribution in [0.4, 0.5) is 0 Å². The van der Waals surface area contributed by atoms with Crippen molar-refractivity contribution in [3.63, 3.8) is 0 Å². The molecule has 0 heterocycles. The van der Waals surface area contributed by atoms with Gasteiger partial charge in [0.15, 0.2) is 0 Å². The summed E-state index contributed by atoms with van der Waals surface area (Å²) in [5.41, 5.74) is -0.249. The number of fused-ring (bicyclic) bond motifs is 2. The van der Waals surface area contributed by atoms with E-state index in [2.05, 4.69) is 13.8 Å². The van der Waals surface area contributed by atoms with Crippen LogP contribution < -0.4 is 0 Å². The highest BCUT2D eigenvalue weighted by Crippen LogP contribution is 2.63. The van der Waals surface area contributed by atoms with Crippen LogP contribution in [0.15, 0.2) is 0 Å². The maximum Gasteiger partial charge on any atom is 0.139 e. The predicted molar refractivity (Wildman–Crippen MR) is 45.6 cm³/mol. The van der Waals surface area contributed by atoms with Gasteiger partial charge in [-0.25, -0.2) is 0 Å². The lowest BCUT2D eigenvalue weighted by Crippen LogP contribution is -2.32. The minimum Gasteiger partial charge on any atom is -0.393 e. The van der Waals surface area contributed by atoms with Crippen LogP contribution in [0.5, 0.6) is 0 Å². The summed E-state index contributed by atoms with van der Waals surface area (Å²) in [5.74, 6) is 0.554. The van der Waals surface area contributed by atoms with Gasteiger partial charge < -0.3 is 5.11 Å². The molecule has 1 N–H and O–H groups in total. The number of Topliss-reactive ketones (excluding diaryl/α,β-unsaturated/α-hetero) is 1. The molecule has 2 saturated carbocycles. The zero-order valence-corrected chi connectivity index (χ0v) is 7.92. The molecule has 0 aromatic rings. The number of carbonyl (C=O) groups is 1. The van der Waals surface area contributed by atoms with Crippen LogP contribution in [0, 0.1) is 16.7 Å². The molecule has 0 aliphatic heterocycles. The van der Waals surface area contributed by atoms with Gasteiger partial charge in [-0.05, 0) is 17.8 Å². The molecule has 0 amide bonds. The molecule has 2 rings (SSSR count). The number of hydrogen-bond acceptors (Lipinski definition) is 2. The number of hydrogen-bond donors (Lipinski definition) is 1. The van der Waals surface area contributed by atoms with E-state index in [1.165, 1.54) is 0 Å². The molecular weight excluding hydrogens is 152 g/mol. The van der Waals surface area contributed by atoms with Gasteiger partial charge in [0.05, 0.1) is 6.10 Å². The summed E-state index contributed by atoms with van der Waals surface area (Å²) < 4.78 is 0. The van der Waals surface area contributed by atoms with Crippen molar-refractivity contribution in [2.75, 3.05) is 0 Å².